The average molecular weight is 220 g/mol. The molecule has 2 rings (SSSR count). The third kappa shape index (κ3) is 2.47. The minimum absolute atomic E-state index is 0.404. The number of benzene rings is 1. The maximum atomic E-state index is 5.81. The molecule has 0 radical (unpaired) electrons. The fourth-order valence-electron chi connectivity index (χ4n) is 2.14. The molecule has 0 aliphatic heterocycles. The largest absolute Gasteiger partial charge is 0.497 e. The molecule has 3 heteroatoms. The van der Waals surface area contributed by atoms with Crippen molar-refractivity contribution in [2.75, 3.05) is 19.0 Å². The Morgan fingerprint density at radius 1 is 1.50 bits per heavy atom. The number of ether oxygens (including phenoxy) is 1. The molecule has 1 aromatic rings. The first kappa shape index (κ1) is 11.3. The van der Waals surface area contributed by atoms with Crippen molar-refractivity contribution < 1.29 is 4.74 Å². The summed E-state index contributed by atoms with van der Waals surface area (Å²) in [6, 6.07) is 8.42. The minimum atomic E-state index is 0.404. The van der Waals surface area contributed by atoms with Gasteiger partial charge in [0.2, 0.25) is 0 Å². The molecule has 1 saturated carbocycles. The summed E-state index contributed by atoms with van der Waals surface area (Å²) in [7, 11) is 1.69. The van der Waals surface area contributed by atoms with Gasteiger partial charge in [0.1, 0.15) is 5.75 Å². The van der Waals surface area contributed by atoms with E-state index in [0.29, 0.717) is 12.6 Å². The van der Waals surface area contributed by atoms with E-state index in [2.05, 4.69) is 11.4 Å². The van der Waals surface area contributed by atoms with Crippen LogP contribution in [-0.2, 0) is 0 Å². The zero-order valence-electron chi connectivity index (χ0n) is 9.78. The van der Waals surface area contributed by atoms with Crippen LogP contribution in [0.5, 0.6) is 5.75 Å². The topological polar surface area (TPSA) is 47.3 Å². The van der Waals surface area contributed by atoms with Crippen LogP contribution in [-0.4, -0.2) is 19.7 Å². The molecule has 0 bridgehead atoms. The lowest BCUT2D eigenvalue weighted by molar-refractivity contribution is 0.277. The van der Waals surface area contributed by atoms with Crippen LogP contribution in [0.25, 0.3) is 0 Å². The van der Waals surface area contributed by atoms with Gasteiger partial charge >= 0.3 is 0 Å². The van der Waals surface area contributed by atoms with Crippen molar-refractivity contribution in [2.45, 2.75) is 25.3 Å². The zero-order valence-corrected chi connectivity index (χ0v) is 9.78. The van der Waals surface area contributed by atoms with Crippen LogP contribution in [0.15, 0.2) is 24.3 Å². The van der Waals surface area contributed by atoms with Crippen molar-refractivity contribution in [3.63, 3.8) is 0 Å². The Hall–Kier alpha value is -1.22. The summed E-state index contributed by atoms with van der Waals surface area (Å²) in [5.74, 6) is 1.63. The summed E-state index contributed by atoms with van der Waals surface area (Å²) < 4.78 is 5.20. The van der Waals surface area contributed by atoms with Gasteiger partial charge in [0, 0.05) is 24.3 Å². The Kier molecular flexibility index (Phi) is 3.67. The van der Waals surface area contributed by atoms with Gasteiger partial charge in [0.05, 0.1) is 7.11 Å². The maximum Gasteiger partial charge on any atom is 0.120 e. The highest BCUT2D eigenvalue weighted by Crippen LogP contribution is 2.31. The molecule has 1 unspecified atom stereocenters. The van der Waals surface area contributed by atoms with E-state index in [4.69, 9.17) is 10.5 Å². The number of nitrogens with one attached hydrogen (secondary N) is 1. The highest BCUT2D eigenvalue weighted by Gasteiger charge is 2.25. The molecule has 88 valence electrons. The van der Waals surface area contributed by atoms with E-state index in [1.54, 1.807) is 7.11 Å². The van der Waals surface area contributed by atoms with Crippen molar-refractivity contribution in [2.24, 2.45) is 11.7 Å². The molecule has 0 spiro atoms. The summed E-state index contributed by atoms with van der Waals surface area (Å²) in [4.78, 5) is 0. The predicted octanol–water partition coefficient (Wildman–Crippen LogP) is 2.23. The number of hydrogen-bond acceptors (Lipinski definition) is 3. The first-order valence-corrected chi connectivity index (χ1v) is 5.94. The van der Waals surface area contributed by atoms with Crippen LogP contribution in [0.2, 0.25) is 0 Å². The molecule has 3 N–H and O–H groups in total. The SMILES string of the molecule is COc1cccc(NC(CN)C2CCC2)c1. The lowest BCUT2D eigenvalue weighted by Gasteiger charge is -2.34. The minimum Gasteiger partial charge on any atom is -0.497 e. The highest BCUT2D eigenvalue weighted by molar-refractivity contribution is 5.49. The Labute approximate surface area is 97.0 Å². The van der Waals surface area contributed by atoms with Crippen LogP contribution in [0.1, 0.15) is 19.3 Å². The van der Waals surface area contributed by atoms with Crippen LogP contribution in [0.4, 0.5) is 5.69 Å². The van der Waals surface area contributed by atoms with Gasteiger partial charge in [-0.3, -0.25) is 0 Å². The molecule has 0 aromatic heterocycles. The fourth-order valence-corrected chi connectivity index (χ4v) is 2.14. The second-order valence-electron chi connectivity index (χ2n) is 4.41. The summed E-state index contributed by atoms with van der Waals surface area (Å²) in [5.41, 5.74) is 6.91. The van der Waals surface area contributed by atoms with E-state index in [0.717, 1.165) is 17.4 Å². The molecule has 1 aromatic carbocycles. The van der Waals surface area contributed by atoms with Gasteiger partial charge in [-0.05, 0) is 30.9 Å². The van der Waals surface area contributed by atoms with Gasteiger partial charge in [0.25, 0.3) is 0 Å². The van der Waals surface area contributed by atoms with Crippen molar-refractivity contribution >= 4 is 5.69 Å². The van der Waals surface area contributed by atoms with Gasteiger partial charge in [-0.15, -0.1) is 0 Å². The van der Waals surface area contributed by atoms with E-state index < -0.39 is 0 Å². The van der Waals surface area contributed by atoms with Crippen molar-refractivity contribution in [1.29, 1.82) is 0 Å². The number of anilines is 1. The van der Waals surface area contributed by atoms with Gasteiger partial charge in [-0.2, -0.15) is 0 Å². The Balaban J connectivity index is 2.00. The normalized spacial score (nSPS) is 17.6. The third-order valence-electron chi connectivity index (χ3n) is 3.39. The molecule has 1 aliphatic rings. The van der Waals surface area contributed by atoms with E-state index in [9.17, 15) is 0 Å². The molecule has 1 atom stereocenters. The van der Waals surface area contributed by atoms with E-state index in [-0.39, 0.29) is 0 Å². The first-order valence-electron chi connectivity index (χ1n) is 5.94. The van der Waals surface area contributed by atoms with Crippen molar-refractivity contribution in [3.05, 3.63) is 24.3 Å². The smallest absolute Gasteiger partial charge is 0.120 e. The van der Waals surface area contributed by atoms with Gasteiger partial charge in [0.15, 0.2) is 0 Å². The van der Waals surface area contributed by atoms with Crippen LogP contribution in [0.3, 0.4) is 0 Å². The Bertz CT molecular complexity index is 336. The fraction of sp³-hybridized carbons (Fsp3) is 0.538. The first-order chi connectivity index (χ1) is 7.83. The monoisotopic (exact) mass is 220 g/mol. The number of hydrogen-bond donors (Lipinski definition) is 2. The van der Waals surface area contributed by atoms with E-state index in [1.807, 2.05) is 18.2 Å². The summed E-state index contributed by atoms with van der Waals surface area (Å²) >= 11 is 0. The zero-order chi connectivity index (χ0) is 11.4. The number of rotatable bonds is 5. The second-order valence-corrected chi connectivity index (χ2v) is 4.41. The average Bonchev–Trinajstić information content (AvgIpc) is 2.26. The van der Waals surface area contributed by atoms with Gasteiger partial charge in [-0.1, -0.05) is 12.5 Å². The van der Waals surface area contributed by atoms with Gasteiger partial charge < -0.3 is 15.8 Å². The summed E-state index contributed by atoms with van der Waals surface area (Å²) in [6.07, 6.45) is 3.96. The molecule has 3 nitrogen and oxygen atoms in total. The molecule has 1 aliphatic carbocycles. The van der Waals surface area contributed by atoms with E-state index >= 15 is 0 Å². The van der Waals surface area contributed by atoms with Crippen LogP contribution >= 0.6 is 0 Å². The molecule has 0 saturated heterocycles. The number of nitrogens with two attached hydrogens (primary N) is 1. The molecule has 16 heavy (non-hydrogen) atoms. The summed E-state index contributed by atoms with van der Waals surface area (Å²) in [5, 5.41) is 3.50. The molecule has 0 heterocycles. The van der Waals surface area contributed by atoms with Crippen LogP contribution < -0.4 is 15.8 Å². The second kappa shape index (κ2) is 5.21. The predicted molar refractivity (Wildman–Crippen MR) is 66.8 cm³/mol. The van der Waals surface area contributed by atoms with Gasteiger partial charge in [-0.25, -0.2) is 0 Å². The van der Waals surface area contributed by atoms with E-state index in [1.165, 1.54) is 19.3 Å². The van der Waals surface area contributed by atoms with Crippen LogP contribution in [0, 0.1) is 5.92 Å². The molecular formula is C13H20N2O. The Morgan fingerprint density at radius 3 is 2.88 bits per heavy atom. The lowest BCUT2D eigenvalue weighted by atomic mass is 9.79. The van der Waals surface area contributed by atoms with Crippen molar-refractivity contribution in [3.8, 4) is 5.75 Å². The molecule has 1 fully saturated rings. The molecule has 0 amide bonds. The molecular weight excluding hydrogens is 200 g/mol. The highest BCUT2D eigenvalue weighted by atomic mass is 16.5. The standard InChI is InChI=1S/C13H20N2O/c1-16-12-7-3-6-11(8-12)15-13(9-14)10-4-2-5-10/h3,6-8,10,13,15H,2,4-5,9,14H2,1H3. The van der Waals surface area contributed by atoms with Crippen molar-refractivity contribution in [1.82, 2.24) is 0 Å². The maximum absolute atomic E-state index is 5.81. The Morgan fingerprint density at radius 2 is 2.31 bits per heavy atom. The number of methoxy groups -OCH3 is 1. The quantitative estimate of drug-likeness (QED) is 0.800. The summed E-state index contributed by atoms with van der Waals surface area (Å²) in [6.45, 7) is 0.696. The lowest BCUT2D eigenvalue weighted by Crippen LogP contribution is -2.39. The third-order valence-corrected chi connectivity index (χ3v) is 3.39.